The first-order valence-corrected chi connectivity index (χ1v) is 10.2. The molecule has 0 aliphatic carbocycles. The molecule has 0 radical (unpaired) electrons. The third kappa shape index (κ3) is 4.86. The van der Waals surface area contributed by atoms with Crippen LogP contribution in [0.15, 0.2) is 72.8 Å². The first-order valence-electron chi connectivity index (χ1n) is 10.2. The molecule has 1 atom stereocenters. The van der Waals surface area contributed by atoms with Crippen molar-refractivity contribution in [3.8, 4) is 16.9 Å². The number of carbonyl (C=O) groups excluding carboxylic acids is 1. The Kier molecular flexibility index (Phi) is 6.10. The second kappa shape index (κ2) is 9.09. The molecule has 2 N–H and O–H groups in total. The van der Waals surface area contributed by atoms with Crippen LogP contribution in [-0.4, -0.2) is 35.0 Å². The molecule has 1 aliphatic heterocycles. The van der Waals surface area contributed by atoms with E-state index in [0.717, 1.165) is 49.2 Å². The van der Waals surface area contributed by atoms with Gasteiger partial charge in [-0.15, -0.1) is 0 Å². The van der Waals surface area contributed by atoms with E-state index in [0.29, 0.717) is 5.56 Å². The molecule has 0 saturated carbocycles. The lowest BCUT2D eigenvalue weighted by molar-refractivity contribution is 0.0901. The average Bonchev–Trinajstić information content (AvgIpc) is 2.75. The number of phenolic OH excluding ortho intramolecular Hbond substituents is 1. The van der Waals surface area contributed by atoms with E-state index in [1.807, 2.05) is 30.3 Å². The van der Waals surface area contributed by atoms with Gasteiger partial charge in [-0.3, -0.25) is 9.69 Å². The number of piperidine rings is 1. The predicted octanol–water partition coefficient (Wildman–Crippen LogP) is 4.59. The Bertz CT molecular complexity index is 1020. The number of nitrogens with zero attached hydrogens (tertiary/aromatic N) is 1. The molecule has 4 nitrogen and oxygen atoms in total. The number of aromatic hydroxyl groups is 1. The van der Waals surface area contributed by atoms with Crippen molar-refractivity contribution in [2.75, 3.05) is 13.1 Å². The number of carbonyl (C=O) groups is 1. The van der Waals surface area contributed by atoms with Crippen molar-refractivity contribution in [3.05, 3.63) is 89.7 Å². The fourth-order valence-corrected chi connectivity index (χ4v) is 4.06. The molecule has 0 aromatic heterocycles. The van der Waals surface area contributed by atoms with E-state index in [9.17, 15) is 14.3 Å². The number of hydrogen-bond donors (Lipinski definition) is 2. The molecule has 1 unspecified atom stereocenters. The fourth-order valence-electron chi connectivity index (χ4n) is 4.06. The highest BCUT2D eigenvalue weighted by Crippen LogP contribution is 2.24. The molecule has 1 heterocycles. The number of benzene rings is 3. The van der Waals surface area contributed by atoms with Crippen LogP contribution < -0.4 is 5.32 Å². The molecule has 3 aromatic rings. The lowest BCUT2D eigenvalue weighted by atomic mass is 9.98. The van der Waals surface area contributed by atoms with Crippen LogP contribution in [0.1, 0.15) is 28.8 Å². The van der Waals surface area contributed by atoms with Gasteiger partial charge in [-0.05, 0) is 66.4 Å². The number of likely N-dealkylation sites (tertiary alicyclic amines) is 1. The zero-order chi connectivity index (χ0) is 20.9. The molecule has 154 valence electrons. The zero-order valence-electron chi connectivity index (χ0n) is 16.7. The smallest absolute Gasteiger partial charge is 0.252 e. The topological polar surface area (TPSA) is 52.6 Å². The molecule has 4 rings (SSSR count). The summed E-state index contributed by atoms with van der Waals surface area (Å²) >= 11 is 0. The Morgan fingerprint density at radius 1 is 1.07 bits per heavy atom. The van der Waals surface area contributed by atoms with Crippen LogP contribution in [0, 0.1) is 5.82 Å². The largest absolute Gasteiger partial charge is 0.508 e. The zero-order valence-corrected chi connectivity index (χ0v) is 16.7. The van der Waals surface area contributed by atoms with E-state index in [-0.39, 0.29) is 23.5 Å². The molecular formula is C25H25FN2O2. The van der Waals surface area contributed by atoms with E-state index in [1.54, 1.807) is 30.3 Å². The van der Waals surface area contributed by atoms with Crippen molar-refractivity contribution in [2.24, 2.45) is 0 Å². The van der Waals surface area contributed by atoms with Crippen LogP contribution in [0.25, 0.3) is 11.1 Å². The minimum absolute atomic E-state index is 0.0600. The Hall–Kier alpha value is -3.18. The average molecular weight is 404 g/mol. The third-order valence-corrected chi connectivity index (χ3v) is 5.48. The second-order valence-electron chi connectivity index (χ2n) is 7.77. The van der Waals surface area contributed by atoms with E-state index < -0.39 is 0 Å². The summed E-state index contributed by atoms with van der Waals surface area (Å²) in [5, 5.41) is 12.9. The van der Waals surface area contributed by atoms with Crippen LogP contribution in [0.2, 0.25) is 0 Å². The monoisotopic (exact) mass is 404 g/mol. The number of nitrogens with one attached hydrogen (secondary N) is 1. The summed E-state index contributed by atoms with van der Waals surface area (Å²) in [5.41, 5.74) is 3.26. The maximum atomic E-state index is 13.3. The normalized spacial score (nSPS) is 16.9. The Morgan fingerprint density at radius 3 is 2.67 bits per heavy atom. The Labute approximate surface area is 176 Å². The Morgan fingerprint density at radius 2 is 1.87 bits per heavy atom. The van der Waals surface area contributed by atoms with Crippen LogP contribution in [-0.2, 0) is 6.54 Å². The molecule has 30 heavy (non-hydrogen) atoms. The quantitative estimate of drug-likeness (QED) is 0.654. The van der Waals surface area contributed by atoms with Gasteiger partial charge in [0.25, 0.3) is 5.91 Å². The summed E-state index contributed by atoms with van der Waals surface area (Å²) in [6, 6.07) is 21.0. The van der Waals surface area contributed by atoms with Gasteiger partial charge in [0.05, 0.1) is 0 Å². The van der Waals surface area contributed by atoms with E-state index in [2.05, 4.69) is 10.2 Å². The first kappa shape index (κ1) is 20.1. The summed E-state index contributed by atoms with van der Waals surface area (Å²) in [7, 11) is 0. The lowest BCUT2D eigenvalue weighted by Crippen LogP contribution is -2.47. The maximum absolute atomic E-state index is 13.3. The standard InChI is InChI=1S/C25H25FN2O2/c26-20-12-10-19(11-13-20)23-8-1-2-9-24(23)25(30)27-21-6-4-14-28(17-21)16-18-5-3-7-22(29)15-18/h1-3,5,7-13,15,21,29H,4,6,14,16-17H2,(H,27,30). The van der Waals surface area contributed by atoms with Crippen LogP contribution in [0.4, 0.5) is 4.39 Å². The predicted molar refractivity (Wildman–Crippen MR) is 116 cm³/mol. The van der Waals surface area contributed by atoms with Gasteiger partial charge in [0.1, 0.15) is 11.6 Å². The van der Waals surface area contributed by atoms with Crippen molar-refractivity contribution in [1.82, 2.24) is 10.2 Å². The summed E-state index contributed by atoms with van der Waals surface area (Å²) in [4.78, 5) is 15.3. The summed E-state index contributed by atoms with van der Waals surface area (Å²) in [5.74, 6) is -0.138. The minimum atomic E-state index is -0.297. The van der Waals surface area contributed by atoms with Crippen molar-refractivity contribution in [3.63, 3.8) is 0 Å². The molecule has 1 aliphatic rings. The van der Waals surface area contributed by atoms with Gasteiger partial charge in [-0.2, -0.15) is 0 Å². The van der Waals surface area contributed by atoms with E-state index in [1.165, 1.54) is 12.1 Å². The number of rotatable bonds is 5. The van der Waals surface area contributed by atoms with Crippen LogP contribution in [0.5, 0.6) is 5.75 Å². The Balaban J connectivity index is 1.44. The second-order valence-corrected chi connectivity index (χ2v) is 7.77. The highest BCUT2D eigenvalue weighted by Gasteiger charge is 2.23. The number of halogens is 1. The van der Waals surface area contributed by atoms with Gasteiger partial charge in [0.2, 0.25) is 0 Å². The number of amides is 1. The maximum Gasteiger partial charge on any atom is 0.252 e. The number of phenols is 1. The van der Waals surface area contributed by atoms with Crippen molar-refractivity contribution in [1.29, 1.82) is 0 Å². The van der Waals surface area contributed by atoms with Gasteiger partial charge in [0, 0.05) is 24.7 Å². The lowest BCUT2D eigenvalue weighted by Gasteiger charge is -2.33. The molecule has 3 aromatic carbocycles. The molecule has 5 heteroatoms. The highest BCUT2D eigenvalue weighted by atomic mass is 19.1. The van der Waals surface area contributed by atoms with Gasteiger partial charge < -0.3 is 10.4 Å². The SMILES string of the molecule is O=C(NC1CCCN(Cc2cccc(O)c2)C1)c1ccccc1-c1ccc(F)cc1. The van der Waals surface area contributed by atoms with Crippen molar-refractivity contribution < 1.29 is 14.3 Å². The summed E-state index contributed by atoms with van der Waals surface area (Å²) in [6.45, 7) is 2.47. The van der Waals surface area contributed by atoms with Crippen molar-refractivity contribution in [2.45, 2.75) is 25.4 Å². The highest BCUT2D eigenvalue weighted by molar-refractivity contribution is 6.01. The summed E-state index contributed by atoms with van der Waals surface area (Å²) < 4.78 is 13.3. The fraction of sp³-hybridized carbons (Fsp3) is 0.240. The van der Waals surface area contributed by atoms with Gasteiger partial charge in [-0.1, -0.05) is 42.5 Å². The van der Waals surface area contributed by atoms with Crippen LogP contribution in [0.3, 0.4) is 0 Å². The number of hydrogen-bond acceptors (Lipinski definition) is 3. The van der Waals surface area contributed by atoms with Gasteiger partial charge in [0.15, 0.2) is 0 Å². The van der Waals surface area contributed by atoms with Gasteiger partial charge >= 0.3 is 0 Å². The minimum Gasteiger partial charge on any atom is -0.508 e. The summed E-state index contributed by atoms with van der Waals surface area (Å²) in [6.07, 6.45) is 1.93. The molecule has 0 spiro atoms. The first-order chi connectivity index (χ1) is 14.6. The molecular weight excluding hydrogens is 379 g/mol. The molecule has 0 bridgehead atoms. The third-order valence-electron chi connectivity index (χ3n) is 5.48. The van der Waals surface area contributed by atoms with E-state index >= 15 is 0 Å². The van der Waals surface area contributed by atoms with Crippen molar-refractivity contribution >= 4 is 5.91 Å². The van der Waals surface area contributed by atoms with Crippen LogP contribution >= 0.6 is 0 Å². The molecule has 1 saturated heterocycles. The molecule has 1 amide bonds. The molecule has 1 fully saturated rings. The van der Waals surface area contributed by atoms with E-state index in [4.69, 9.17) is 0 Å². The van der Waals surface area contributed by atoms with Gasteiger partial charge in [-0.25, -0.2) is 4.39 Å².